The highest BCUT2D eigenvalue weighted by molar-refractivity contribution is 5.78. The Morgan fingerprint density at radius 2 is 2.36 bits per heavy atom. The van der Waals surface area contributed by atoms with Crippen molar-refractivity contribution < 1.29 is 4.79 Å². The molecule has 1 N–H and O–H groups in total. The van der Waals surface area contributed by atoms with Crippen LogP contribution in [0.4, 0.5) is 0 Å². The number of carbonyl (C=O) groups is 1. The van der Waals surface area contributed by atoms with Crippen LogP contribution in [-0.4, -0.2) is 12.8 Å². The van der Waals surface area contributed by atoms with Gasteiger partial charge < -0.3 is 5.32 Å². The molecule has 0 aliphatic carbocycles. The van der Waals surface area contributed by atoms with Gasteiger partial charge in [-0.05, 0) is 37.9 Å². The first-order valence-corrected chi connectivity index (χ1v) is 5.10. The molecule has 1 aliphatic rings. The zero-order valence-corrected chi connectivity index (χ0v) is 8.42. The minimum atomic E-state index is 0.385. The predicted molar refractivity (Wildman–Crippen MR) is 56.5 cm³/mol. The minimum absolute atomic E-state index is 0.385. The van der Waals surface area contributed by atoms with Crippen LogP contribution >= 0.6 is 0 Å². The van der Waals surface area contributed by atoms with Gasteiger partial charge in [0.2, 0.25) is 0 Å². The number of benzene rings is 1. The largest absolute Gasteiger partial charge is 0.310 e. The van der Waals surface area contributed by atoms with E-state index in [1.54, 1.807) is 0 Å². The average Bonchev–Trinajstić information content (AvgIpc) is 2.70. The number of aldehydes is 1. The van der Waals surface area contributed by atoms with Crippen molar-refractivity contribution in [1.29, 1.82) is 0 Å². The van der Waals surface area contributed by atoms with E-state index in [9.17, 15) is 4.79 Å². The molecular formula is C12H15NO. The first-order valence-electron chi connectivity index (χ1n) is 5.10. The number of rotatable bonds is 2. The third kappa shape index (κ3) is 1.70. The molecule has 0 spiro atoms. The molecule has 0 saturated carbocycles. The second-order valence-corrected chi connectivity index (χ2v) is 3.90. The fraction of sp³-hybridized carbons (Fsp3) is 0.417. The Bertz CT molecular complexity index is 340. The molecule has 2 nitrogen and oxygen atoms in total. The molecule has 1 atom stereocenters. The Morgan fingerprint density at radius 3 is 3.00 bits per heavy atom. The highest BCUT2D eigenvalue weighted by Gasteiger charge is 2.18. The predicted octanol–water partition coefficient (Wildman–Crippen LogP) is 2.23. The van der Waals surface area contributed by atoms with Crippen LogP contribution in [0, 0.1) is 6.92 Å². The molecule has 0 amide bonds. The quantitative estimate of drug-likeness (QED) is 0.723. The summed E-state index contributed by atoms with van der Waals surface area (Å²) in [6, 6.07) is 6.49. The molecule has 1 heterocycles. The molecular weight excluding hydrogens is 174 g/mol. The highest BCUT2D eigenvalue weighted by atomic mass is 16.1. The number of hydrogen-bond donors (Lipinski definition) is 1. The molecule has 2 rings (SSSR count). The lowest BCUT2D eigenvalue weighted by molar-refractivity contribution is 0.112. The van der Waals surface area contributed by atoms with Gasteiger partial charge in [0.15, 0.2) is 0 Å². The Kier molecular flexibility index (Phi) is 2.64. The monoisotopic (exact) mass is 189 g/mol. The van der Waals surface area contributed by atoms with Crippen molar-refractivity contribution in [1.82, 2.24) is 5.32 Å². The smallest absolute Gasteiger partial charge is 0.150 e. The molecule has 2 heteroatoms. The van der Waals surface area contributed by atoms with Crippen molar-refractivity contribution in [3.8, 4) is 0 Å². The van der Waals surface area contributed by atoms with E-state index in [-0.39, 0.29) is 0 Å². The molecule has 0 radical (unpaired) electrons. The molecule has 1 aromatic rings. The van der Waals surface area contributed by atoms with Crippen LogP contribution < -0.4 is 5.32 Å². The number of aryl methyl sites for hydroxylation is 1. The second-order valence-electron chi connectivity index (χ2n) is 3.90. The maximum absolute atomic E-state index is 10.9. The zero-order valence-electron chi connectivity index (χ0n) is 8.42. The van der Waals surface area contributed by atoms with Crippen LogP contribution in [-0.2, 0) is 0 Å². The SMILES string of the molecule is Cc1ccc(C2CCCN2)c(C=O)c1. The van der Waals surface area contributed by atoms with Gasteiger partial charge in [0.25, 0.3) is 0 Å². The molecule has 0 bridgehead atoms. The highest BCUT2D eigenvalue weighted by Crippen LogP contribution is 2.25. The Hall–Kier alpha value is -1.15. The van der Waals surface area contributed by atoms with Crippen LogP contribution in [0.1, 0.15) is 40.4 Å². The number of hydrogen-bond acceptors (Lipinski definition) is 2. The lowest BCUT2D eigenvalue weighted by atomic mass is 9.98. The Morgan fingerprint density at radius 1 is 1.50 bits per heavy atom. The maximum atomic E-state index is 10.9. The van der Waals surface area contributed by atoms with Crippen LogP contribution in [0.5, 0.6) is 0 Å². The Labute approximate surface area is 84.3 Å². The van der Waals surface area contributed by atoms with Gasteiger partial charge in [0.05, 0.1) is 0 Å². The average molecular weight is 189 g/mol. The summed E-state index contributed by atoms with van der Waals surface area (Å²) in [5.41, 5.74) is 3.14. The number of carbonyl (C=O) groups excluding carboxylic acids is 1. The zero-order chi connectivity index (χ0) is 9.97. The van der Waals surface area contributed by atoms with Gasteiger partial charge in [-0.1, -0.05) is 17.7 Å². The van der Waals surface area contributed by atoms with E-state index in [4.69, 9.17) is 0 Å². The van der Waals surface area contributed by atoms with Gasteiger partial charge in [-0.3, -0.25) is 4.79 Å². The lowest BCUT2D eigenvalue weighted by Gasteiger charge is -2.13. The van der Waals surface area contributed by atoms with E-state index < -0.39 is 0 Å². The normalized spacial score (nSPS) is 21.1. The number of nitrogens with one attached hydrogen (secondary N) is 1. The molecule has 1 aromatic carbocycles. The minimum Gasteiger partial charge on any atom is -0.310 e. The van der Waals surface area contributed by atoms with Gasteiger partial charge in [-0.15, -0.1) is 0 Å². The van der Waals surface area contributed by atoms with E-state index in [0.29, 0.717) is 6.04 Å². The van der Waals surface area contributed by atoms with Gasteiger partial charge in [0.1, 0.15) is 6.29 Å². The molecule has 14 heavy (non-hydrogen) atoms. The maximum Gasteiger partial charge on any atom is 0.150 e. The van der Waals surface area contributed by atoms with Gasteiger partial charge in [-0.2, -0.15) is 0 Å². The van der Waals surface area contributed by atoms with Crippen molar-refractivity contribution in [2.24, 2.45) is 0 Å². The summed E-state index contributed by atoms with van der Waals surface area (Å²) in [7, 11) is 0. The Balaban J connectivity index is 2.35. The molecule has 1 unspecified atom stereocenters. The first kappa shape index (κ1) is 9.41. The van der Waals surface area contributed by atoms with E-state index in [0.717, 1.165) is 35.9 Å². The fourth-order valence-electron chi connectivity index (χ4n) is 2.06. The van der Waals surface area contributed by atoms with Crippen molar-refractivity contribution in [3.63, 3.8) is 0 Å². The topological polar surface area (TPSA) is 29.1 Å². The summed E-state index contributed by atoms with van der Waals surface area (Å²) in [6.45, 7) is 3.08. The van der Waals surface area contributed by atoms with Crippen LogP contribution in [0.15, 0.2) is 18.2 Å². The van der Waals surface area contributed by atoms with Crippen LogP contribution in [0.25, 0.3) is 0 Å². The first-order chi connectivity index (χ1) is 6.81. The summed E-state index contributed by atoms with van der Waals surface area (Å²) in [5.74, 6) is 0. The molecule has 74 valence electrons. The summed E-state index contributed by atoms with van der Waals surface area (Å²) >= 11 is 0. The van der Waals surface area contributed by atoms with Gasteiger partial charge in [-0.25, -0.2) is 0 Å². The second kappa shape index (κ2) is 3.93. The third-order valence-corrected chi connectivity index (χ3v) is 2.80. The molecule has 1 aliphatic heterocycles. The van der Waals surface area contributed by atoms with Crippen LogP contribution in [0.3, 0.4) is 0 Å². The summed E-state index contributed by atoms with van der Waals surface area (Å²) in [5, 5.41) is 3.41. The molecule has 1 fully saturated rings. The summed E-state index contributed by atoms with van der Waals surface area (Å²) in [6.07, 6.45) is 3.31. The van der Waals surface area contributed by atoms with Crippen molar-refractivity contribution in [3.05, 3.63) is 34.9 Å². The summed E-state index contributed by atoms with van der Waals surface area (Å²) in [4.78, 5) is 10.9. The fourth-order valence-corrected chi connectivity index (χ4v) is 2.06. The van der Waals surface area contributed by atoms with E-state index in [1.165, 1.54) is 6.42 Å². The van der Waals surface area contributed by atoms with E-state index in [2.05, 4.69) is 17.4 Å². The molecule has 0 aromatic heterocycles. The van der Waals surface area contributed by atoms with E-state index in [1.807, 2.05) is 13.0 Å². The molecule has 1 saturated heterocycles. The third-order valence-electron chi connectivity index (χ3n) is 2.80. The van der Waals surface area contributed by atoms with Crippen molar-refractivity contribution >= 4 is 6.29 Å². The van der Waals surface area contributed by atoms with Crippen LogP contribution in [0.2, 0.25) is 0 Å². The standard InChI is InChI=1S/C12H15NO/c1-9-4-5-11(10(7-9)8-14)12-3-2-6-13-12/h4-5,7-8,12-13H,2-3,6H2,1H3. The van der Waals surface area contributed by atoms with E-state index >= 15 is 0 Å². The summed E-state index contributed by atoms with van der Waals surface area (Å²) < 4.78 is 0. The van der Waals surface area contributed by atoms with Crippen molar-refractivity contribution in [2.45, 2.75) is 25.8 Å². The van der Waals surface area contributed by atoms with Gasteiger partial charge in [0, 0.05) is 11.6 Å². The lowest BCUT2D eigenvalue weighted by Crippen LogP contribution is -2.14. The van der Waals surface area contributed by atoms with Gasteiger partial charge >= 0.3 is 0 Å². The van der Waals surface area contributed by atoms with Crippen molar-refractivity contribution in [2.75, 3.05) is 6.54 Å².